The first-order valence-electron chi connectivity index (χ1n) is 9.25. The summed E-state index contributed by atoms with van der Waals surface area (Å²) in [5.41, 5.74) is -0.201. The summed E-state index contributed by atoms with van der Waals surface area (Å²) in [5, 5.41) is 30.3. The summed E-state index contributed by atoms with van der Waals surface area (Å²) in [6.07, 6.45) is -0.187. The van der Waals surface area contributed by atoms with Crippen molar-refractivity contribution < 1.29 is 39.2 Å². The van der Waals surface area contributed by atoms with Gasteiger partial charge in [-0.2, -0.15) is 0 Å². The minimum Gasteiger partial charge on any atom is -0.478 e. The standard InChI is InChI=1S/C23H17NO8/c25-20(11-13-5-1-2-6-15(13)21(26)27)24-18-7-3-4-8-19(18)32-14-9-10-16(22(28)29)17(12-14)23(30)31/h1-10,12H,11H2,(H,24,25)(H,26,27)(H,28,29)(H,30,31). The van der Waals surface area contributed by atoms with E-state index in [-0.39, 0.29) is 34.7 Å². The fourth-order valence-corrected chi connectivity index (χ4v) is 2.99. The Morgan fingerprint density at radius 2 is 1.34 bits per heavy atom. The molecule has 0 saturated carbocycles. The average Bonchev–Trinajstić information content (AvgIpc) is 2.75. The molecule has 162 valence electrons. The molecule has 3 rings (SSSR count). The van der Waals surface area contributed by atoms with Crippen LogP contribution in [0, 0.1) is 0 Å². The SMILES string of the molecule is O=C(Cc1ccccc1C(=O)O)Nc1ccccc1Oc1ccc(C(=O)O)c(C(=O)O)c1. The fourth-order valence-electron chi connectivity index (χ4n) is 2.99. The smallest absolute Gasteiger partial charge is 0.336 e. The molecule has 0 fully saturated rings. The zero-order valence-corrected chi connectivity index (χ0v) is 16.4. The van der Waals surface area contributed by atoms with Crippen molar-refractivity contribution in [2.45, 2.75) is 6.42 Å². The molecule has 4 N–H and O–H groups in total. The van der Waals surface area contributed by atoms with Crippen molar-refractivity contribution >= 4 is 29.5 Å². The van der Waals surface area contributed by atoms with Gasteiger partial charge in [0.25, 0.3) is 0 Å². The van der Waals surface area contributed by atoms with E-state index in [0.717, 1.165) is 12.1 Å². The van der Waals surface area contributed by atoms with Crippen molar-refractivity contribution in [2.24, 2.45) is 0 Å². The maximum atomic E-state index is 12.5. The summed E-state index contributed by atoms with van der Waals surface area (Å²) >= 11 is 0. The van der Waals surface area contributed by atoms with E-state index in [1.165, 1.54) is 18.2 Å². The molecule has 0 heterocycles. The molecule has 1 amide bonds. The van der Waals surface area contributed by atoms with Crippen LogP contribution in [0.15, 0.2) is 66.7 Å². The van der Waals surface area contributed by atoms with E-state index >= 15 is 0 Å². The van der Waals surface area contributed by atoms with Gasteiger partial charge in [-0.25, -0.2) is 14.4 Å². The highest BCUT2D eigenvalue weighted by Gasteiger charge is 2.18. The monoisotopic (exact) mass is 435 g/mol. The number of rotatable bonds is 8. The number of para-hydroxylation sites is 2. The topological polar surface area (TPSA) is 150 Å². The predicted molar refractivity (Wildman–Crippen MR) is 113 cm³/mol. The number of carbonyl (C=O) groups excluding carboxylic acids is 1. The van der Waals surface area contributed by atoms with E-state index in [0.29, 0.717) is 5.56 Å². The lowest BCUT2D eigenvalue weighted by Crippen LogP contribution is -2.17. The molecule has 0 radical (unpaired) electrons. The molecule has 9 nitrogen and oxygen atoms in total. The van der Waals surface area contributed by atoms with Crippen LogP contribution in [-0.2, 0) is 11.2 Å². The molecule has 9 heteroatoms. The molecule has 32 heavy (non-hydrogen) atoms. The lowest BCUT2D eigenvalue weighted by Gasteiger charge is -2.13. The largest absolute Gasteiger partial charge is 0.478 e. The molecule has 0 aromatic heterocycles. The molecule has 0 spiro atoms. The molecule has 0 atom stereocenters. The highest BCUT2D eigenvalue weighted by Crippen LogP contribution is 2.30. The average molecular weight is 435 g/mol. The molecule has 0 aliphatic heterocycles. The summed E-state index contributed by atoms with van der Waals surface area (Å²) in [4.78, 5) is 46.4. The first-order chi connectivity index (χ1) is 15.3. The molecule has 3 aromatic carbocycles. The third kappa shape index (κ3) is 5.08. The maximum absolute atomic E-state index is 12.5. The van der Waals surface area contributed by atoms with Gasteiger partial charge in [-0.1, -0.05) is 30.3 Å². The fraction of sp³-hybridized carbons (Fsp3) is 0.0435. The van der Waals surface area contributed by atoms with Gasteiger partial charge in [-0.05, 0) is 42.0 Å². The molecule has 0 aliphatic carbocycles. The van der Waals surface area contributed by atoms with Crippen LogP contribution in [0.25, 0.3) is 0 Å². The van der Waals surface area contributed by atoms with Crippen molar-refractivity contribution in [1.29, 1.82) is 0 Å². The quantitative estimate of drug-likeness (QED) is 0.418. The number of benzene rings is 3. The number of nitrogens with one attached hydrogen (secondary N) is 1. The summed E-state index contributed by atoms with van der Waals surface area (Å²) in [7, 11) is 0. The second-order valence-corrected chi connectivity index (χ2v) is 6.60. The number of carboxylic acids is 3. The zero-order valence-electron chi connectivity index (χ0n) is 16.4. The van der Waals surface area contributed by atoms with Gasteiger partial charge in [0.15, 0.2) is 5.75 Å². The van der Waals surface area contributed by atoms with Gasteiger partial charge in [0, 0.05) is 0 Å². The molecule has 0 bridgehead atoms. The van der Waals surface area contributed by atoms with E-state index in [9.17, 15) is 29.4 Å². The van der Waals surface area contributed by atoms with Crippen LogP contribution in [0.2, 0.25) is 0 Å². The van der Waals surface area contributed by atoms with E-state index < -0.39 is 29.4 Å². The summed E-state index contributed by atoms with van der Waals surface area (Å²) in [5.74, 6) is -4.19. The van der Waals surface area contributed by atoms with Crippen LogP contribution >= 0.6 is 0 Å². The molecule has 0 saturated heterocycles. The van der Waals surface area contributed by atoms with Gasteiger partial charge in [-0.15, -0.1) is 0 Å². The number of carboxylic acid groups (broad SMARTS) is 3. The second-order valence-electron chi connectivity index (χ2n) is 6.60. The van der Waals surface area contributed by atoms with Gasteiger partial charge >= 0.3 is 17.9 Å². The molecule has 3 aromatic rings. The lowest BCUT2D eigenvalue weighted by atomic mass is 10.0. The Hall–Kier alpha value is -4.66. The van der Waals surface area contributed by atoms with Gasteiger partial charge < -0.3 is 25.4 Å². The number of amides is 1. The Morgan fingerprint density at radius 3 is 2.03 bits per heavy atom. The van der Waals surface area contributed by atoms with E-state index in [4.69, 9.17) is 9.84 Å². The number of hydrogen-bond donors (Lipinski definition) is 4. The van der Waals surface area contributed by atoms with Crippen LogP contribution in [0.4, 0.5) is 5.69 Å². The number of ether oxygens (including phenoxy) is 1. The summed E-state index contributed by atoms with van der Waals surface area (Å²) in [6, 6.07) is 16.0. The van der Waals surface area contributed by atoms with Crippen molar-refractivity contribution in [3.05, 3.63) is 89.0 Å². The Balaban J connectivity index is 1.82. The minimum atomic E-state index is -1.42. The molecule has 0 unspecified atom stereocenters. The lowest BCUT2D eigenvalue weighted by molar-refractivity contribution is -0.115. The Morgan fingerprint density at radius 1 is 0.719 bits per heavy atom. The zero-order chi connectivity index (χ0) is 23.3. The molecular weight excluding hydrogens is 418 g/mol. The first-order valence-corrected chi connectivity index (χ1v) is 9.25. The van der Waals surface area contributed by atoms with E-state index in [1.807, 2.05) is 0 Å². The third-order valence-corrected chi connectivity index (χ3v) is 4.44. The van der Waals surface area contributed by atoms with Crippen LogP contribution in [-0.4, -0.2) is 39.1 Å². The van der Waals surface area contributed by atoms with Gasteiger partial charge in [-0.3, -0.25) is 4.79 Å². The van der Waals surface area contributed by atoms with Crippen LogP contribution in [0.1, 0.15) is 36.6 Å². The second kappa shape index (κ2) is 9.43. The Kier molecular flexibility index (Phi) is 6.50. The normalized spacial score (nSPS) is 10.2. The number of aromatic carboxylic acids is 3. The Labute approximate surface area is 181 Å². The first kappa shape index (κ1) is 22.0. The van der Waals surface area contributed by atoms with Crippen molar-refractivity contribution in [2.75, 3.05) is 5.32 Å². The van der Waals surface area contributed by atoms with Crippen molar-refractivity contribution in [3.8, 4) is 11.5 Å². The minimum absolute atomic E-state index is 0.0203. The summed E-state index contributed by atoms with van der Waals surface area (Å²) < 4.78 is 5.68. The Bertz CT molecular complexity index is 1220. The highest BCUT2D eigenvalue weighted by molar-refractivity contribution is 6.02. The van der Waals surface area contributed by atoms with Gasteiger partial charge in [0.05, 0.1) is 28.8 Å². The summed E-state index contributed by atoms with van der Waals surface area (Å²) in [6.45, 7) is 0. The van der Waals surface area contributed by atoms with Gasteiger partial charge in [0.1, 0.15) is 5.75 Å². The molecular formula is C23H17NO8. The number of hydrogen-bond acceptors (Lipinski definition) is 5. The van der Waals surface area contributed by atoms with Crippen LogP contribution in [0.3, 0.4) is 0 Å². The highest BCUT2D eigenvalue weighted by atomic mass is 16.5. The van der Waals surface area contributed by atoms with E-state index in [2.05, 4.69) is 5.32 Å². The van der Waals surface area contributed by atoms with E-state index in [1.54, 1.807) is 36.4 Å². The van der Waals surface area contributed by atoms with Crippen LogP contribution < -0.4 is 10.1 Å². The van der Waals surface area contributed by atoms with Gasteiger partial charge in [0.2, 0.25) is 5.91 Å². The maximum Gasteiger partial charge on any atom is 0.336 e. The predicted octanol–water partition coefficient (Wildman–Crippen LogP) is 3.75. The number of carbonyl (C=O) groups is 4. The van der Waals surface area contributed by atoms with Crippen LogP contribution in [0.5, 0.6) is 11.5 Å². The third-order valence-electron chi connectivity index (χ3n) is 4.44. The van der Waals surface area contributed by atoms with Crippen molar-refractivity contribution in [3.63, 3.8) is 0 Å². The van der Waals surface area contributed by atoms with Crippen molar-refractivity contribution in [1.82, 2.24) is 0 Å². The number of anilines is 1. The molecule has 0 aliphatic rings.